The molecule has 13 nitrogen and oxygen atoms in total. The zero-order valence-electron chi connectivity index (χ0n) is 23.1. The molecule has 5 atom stereocenters. The summed E-state index contributed by atoms with van der Waals surface area (Å²) in [6.07, 6.45) is -5.58. The number of rotatable bonds is 8. The fourth-order valence-corrected chi connectivity index (χ4v) is 4.54. The molecule has 3 aromatic carbocycles. The smallest absolute Gasteiger partial charge is 0.330 e. The highest BCUT2D eigenvalue weighted by Gasteiger charge is 2.45. The van der Waals surface area contributed by atoms with Crippen molar-refractivity contribution in [1.29, 1.82) is 0 Å². The van der Waals surface area contributed by atoms with E-state index in [1.165, 1.54) is 61.7 Å². The molecular weight excluding hydrogens is 580 g/mol. The van der Waals surface area contributed by atoms with Crippen molar-refractivity contribution in [2.75, 3.05) is 13.7 Å². The number of aromatic hydroxyl groups is 3. The topological polar surface area (TPSA) is 206 Å². The van der Waals surface area contributed by atoms with Gasteiger partial charge in [0.15, 0.2) is 16.9 Å². The van der Waals surface area contributed by atoms with E-state index >= 15 is 0 Å². The second kappa shape index (κ2) is 12.7. The van der Waals surface area contributed by atoms with Gasteiger partial charge < -0.3 is 54.0 Å². The molecule has 0 saturated carbocycles. The first-order valence-corrected chi connectivity index (χ1v) is 13.2. The standard InChI is InChI=1S/C31H28O13/c1-40-23-10-15(2-8-19(23)33)3-9-26(36)41-14-25-28(37)29(38)30(39)31(44-25)42-18-11-20(34)27-21(35)13-22(43-24(27)12-18)16-4-6-17(32)7-5-16/h2-13,25,28-34,37-39H,14H2,1H3/b9-3+/t25-,28-,29+,30-,31-/m1/s1. The Kier molecular flexibility index (Phi) is 8.73. The summed E-state index contributed by atoms with van der Waals surface area (Å²) in [5, 5.41) is 61.0. The monoisotopic (exact) mass is 608 g/mol. The number of benzene rings is 3. The minimum Gasteiger partial charge on any atom is -0.508 e. The van der Waals surface area contributed by atoms with Gasteiger partial charge >= 0.3 is 5.97 Å². The van der Waals surface area contributed by atoms with Crippen molar-refractivity contribution in [1.82, 2.24) is 0 Å². The second-order valence-electron chi connectivity index (χ2n) is 9.86. The van der Waals surface area contributed by atoms with Gasteiger partial charge in [0, 0.05) is 29.8 Å². The van der Waals surface area contributed by atoms with Gasteiger partial charge in [-0.1, -0.05) is 6.07 Å². The SMILES string of the molecule is COc1cc(/C=C/C(=O)OC[C@H]2O[C@@H](Oc3cc(O)c4c(=O)cc(-c5ccc(O)cc5)oc4c3)[C@H](O)[C@@H](O)[C@@H]2O)ccc1O. The van der Waals surface area contributed by atoms with Crippen molar-refractivity contribution in [3.05, 3.63) is 82.5 Å². The summed E-state index contributed by atoms with van der Waals surface area (Å²) < 4.78 is 27.2. The van der Waals surface area contributed by atoms with Gasteiger partial charge in [-0.25, -0.2) is 4.79 Å². The Balaban J connectivity index is 1.30. The molecular formula is C31H28O13. The molecule has 1 fully saturated rings. The van der Waals surface area contributed by atoms with Crippen molar-refractivity contribution in [3.8, 4) is 40.1 Å². The number of aliphatic hydroxyl groups is 3. The predicted octanol–water partition coefficient (Wildman–Crippen LogP) is 2.03. The van der Waals surface area contributed by atoms with Crippen molar-refractivity contribution >= 4 is 23.0 Å². The molecule has 44 heavy (non-hydrogen) atoms. The van der Waals surface area contributed by atoms with Gasteiger partial charge in [-0.15, -0.1) is 0 Å². The Morgan fingerprint density at radius 3 is 2.39 bits per heavy atom. The van der Waals surface area contributed by atoms with E-state index in [2.05, 4.69) is 0 Å². The largest absolute Gasteiger partial charge is 0.508 e. The quantitative estimate of drug-likeness (QED) is 0.125. The van der Waals surface area contributed by atoms with Gasteiger partial charge in [0.1, 0.15) is 65.0 Å². The van der Waals surface area contributed by atoms with Crippen LogP contribution < -0.4 is 14.9 Å². The molecule has 5 rings (SSSR count). The van der Waals surface area contributed by atoms with Crippen molar-refractivity contribution in [3.63, 3.8) is 0 Å². The molecule has 1 aliphatic heterocycles. The van der Waals surface area contributed by atoms with Gasteiger partial charge in [-0.2, -0.15) is 0 Å². The lowest BCUT2D eigenvalue weighted by Crippen LogP contribution is -2.60. The van der Waals surface area contributed by atoms with E-state index in [1.807, 2.05) is 0 Å². The third-order valence-electron chi connectivity index (χ3n) is 6.86. The van der Waals surface area contributed by atoms with Crippen molar-refractivity contribution < 1.29 is 58.8 Å². The molecule has 0 radical (unpaired) electrons. The third kappa shape index (κ3) is 6.45. The number of hydrogen-bond acceptors (Lipinski definition) is 13. The average molecular weight is 609 g/mol. The normalized spacial score (nSPS) is 21.8. The van der Waals surface area contributed by atoms with Gasteiger partial charge in [0.25, 0.3) is 0 Å². The van der Waals surface area contributed by atoms with Gasteiger partial charge in [-0.3, -0.25) is 4.79 Å². The highest BCUT2D eigenvalue weighted by Crippen LogP contribution is 2.33. The number of carbonyl (C=O) groups is 1. The van der Waals surface area contributed by atoms with Crippen LogP contribution in [0.5, 0.6) is 28.7 Å². The number of phenolic OH excluding ortho intramolecular Hbond substituents is 3. The Morgan fingerprint density at radius 2 is 1.66 bits per heavy atom. The molecule has 0 aliphatic carbocycles. The Morgan fingerprint density at radius 1 is 0.909 bits per heavy atom. The fraction of sp³-hybridized carbons (Fsp3) is 0.226. The van der Waals surface area contributed by atoms with Crippen LogP contribution in [0.2, 0.25) is 0 Å². The molecule has 1 saturated heterocycles. The van der Waals surface area contributed by atoms with Crippen LogP contribution in [0.4, 0.5) is 0 Å². The molecule has 0 amide bonds. The van der Waals surface area contributed by atoms with E-state index < -0.39 is 54.5 Å². The minimum atomic E-state index is -1.76. The summed E-state index contributed by atoms with van der Waals surface area (Å²) in [4.78, 5) is 25.0. The first-order valence-electron chi connectivity index (χ1n) is 13.2. The molecule has 4 aromatic rings. The van der Waals surface area contributed by atoms with Gasteiger partial charge in [-0.05, 0) is 48.0 Å². The zero-order valence-corrected chi connectivity index (χ0v) is 23.1. The Hall–Kier alpha value is -5.08. The second-order valence-corrected chi connectivity index (χ2v) is 9.86. The number of phenols is 3. The number of esters is 1. The van der Waals surface area contributed by atoms with E-state index in [0.29, 0.717) is 11.1 Å². The maximum atomic E-state index is 12.7. The highest BCUT2D eigenvalue weighted by molar-refractivity contribution is 5.87. The molecule has 0 spiro atoms. The number of aliphatic hydroxyl groups excluding tert-OH is 3. The van der Waals surface area contributed by atoms with Crippen LogP contribution in [0.3, 0.4) is 0 Å². The molecule has 230 valence electrons. The van der Waals surface area contributed by atoms with Gasteiger partial charge in [0.2, 0.25) is 6.29 Å². The molecule has 0 bridgehead atoms. The average Bonchev–Trinajstić information content (AvgIpc) is 3.00. The van der Waals surface area contributed by atoms with Crippen molar-refractivity contribution in [2.24, 2.45) is 0 Å². The Bertz CT molecular complexity index is 1740. The van der Waals surface area contributed by atoms with Crippen molar-refractivity contribution in [2.45, 2.75) is 30.7 Å². The van der Waals surface area contributed by atoms with Crippen LogP contribution in [-0.2, 0) is 14.3 Å². The lowest BCUT2D eigenvalue weighted by molar-refractivity contribution is -0.278. The molecule has 6 N–H and O–H groups in total. The fourth-order valence-electron chi connectivity index (χ4n) is 4.54. The summed E-state index contributed by atoms with van der Waals surface area (Å²) in [6, 6.07) is 13.9. The number of carbonyl (C=O) groups excluding carboxylic acids is 1. The van der Waals surface area contributed by atoms with E-state index in [4.69, 9.17) is 23.4 Å². The first kappa shape index (κ1) is 30.4. The van der Waals surface area contributed by atoms with Crippen LogP contribution in [0.15, 0.2) is 76.0 Å². The maximum Gasteiger partial charge on any atom is 0.330 e. The predicted molar refractivity (Wildman–Crippen MR) is 153 cm³/mol. The van der Waals surface area contributed by atoms with E-state index in [9.17, 15) is 40.2 Å². The van der Waals surface area contributed by atoms with E-state index in [-0.39, 0.29) is 39.7 Å². The summed E-state index contributed by atoms with van der Waals surface area (Å²) in [7, 11) is 1.38. The summed E-state index contributed by atoms with van der Waals surface area (Å²) in [5.74, 6) is -1.12. The van der Waals surface area contributed by atoms with Crippen LogP contribution >= 0.6 is 0 Å². The van der Waals surface area contributed by atoms with E-state index in [0.717, 1.165) is 12.1 Å². The minimum absolute atomic E-state index is 0.0169. The maximum absolute atomic E-state index is 12.7. The molecule has 0 unspecified atom stereocenters. The summed E-state index contributed by atoms with van der Waals surface area (Å²) >= 11 is 0. The highest BCUT2D eigenvalue weighted by atomic mass is 16.7. The van der Waals surface area contributed by atoms with E-state index in [1.54, 1.807) is 6.07 Å². The van der Waals surface area contributed by atoms with Crippen LogP contribution in [0.25, 0.3) is 28.4 Å². The number of hydrogen-bond donors (Lipinski definition) is 6. The molecule has 1 aliphatic rings. The molecule has 2 heterocycles. The van der Waals surface area contributed by atoms with Gasteiger partial charge in [0.05, 0.1) is 7.11 Å². The Labute approximate surface area is 249 Å². The lowest BCUT2D eigenvalue weighted by atomic mass is 9.99. The van der Waals surface area contributed by atoms with Crippen LogP contribution in [0.1, 0.15) is 5.56 Å². The number of fused-ring (bicyclic) bond motifs is 1. The molecule has 1 aromatic heterocycles. The number of ether oxygens (including phenoxy) is 4. The third-order valence-corrected chi connectivity index (χ3v) is 6.86. The first-order chi connectivity index (χ1) is 21.0. The van der Waals surface area contributed by atoms with Crippen LogP contribution in [-0.4, -0.2) is 81.0 Å². The van der Waals surface area contributed by atoms with Crippen LogP contribution in [0, 0.1) is 0 Å². The summed E-state index contributed by atoms with van der Waals surface area (Å²) in [6.45, 7) is -0.527. The zero-order chi connectivity index (χ0) is 31.5. The summed E-state index contributed by atoms with van der Waals surface area (Å²) in [5.41, 5.74) is 0.393. The number of methoxy groups -OCH3 is 1. The molecule has 13 heteroatoms. The lowest BCUT2D eigenvalue weighted by Gasteiger charge is -2.39.